The van der Waals surface area contributed by atoms with Gasteiger partial charge in [0.2, 0.25) is 5.91 Å². The Morgan fingerprint density at radius 3 is 2.56 bits per heavy atom. The fourth-order valence-electron chi connectivity index (χ4n) is 4.52. The Bertz CT molecular complexity index is 696. The van der Waals surface area contributed by atoms with Gasteiger partial charge in [0, 0.05) is 30.0 Å². The molecule has 0 aliphatic heterocycles. The third-order valence-corrected chi connectivity index (χ3v) is 5.91. The van der Waals surface area contributed by atoms with Crippen molar-refractivity contribution in [2.75, 3.05) is 5.32 Å². The van der Waals surface area contributed by atoms with Gasteiger partial charge in [-0.3, -0.25) is 9.48 Å². The van der Waals surface area contributed by atoms with Gasteiger partial charge in [0.05, 0.1) is 6.54 Å². The summed E-state index contributed by atoms with van der Waals surface area (Å²) in [5.41, 5.74) is 8.37. The van der Waals surface area contributed by atoms with E-state index in [1.807, 2.05) is 41.2 Å². The van der Waals surface area contributed by atoms with Gasteiger partial charge < -0.3 is 11.1 Å². The molecule has 1 amide bonds. The lowest BCUT2D eigenvalue weighted by Gasteiger charge is -2.43. The average molecular weight is 338 g/mol. The van der Waals surface area contributed by atoms with Crippen LogP contribution in [0, 0.1) is 17.8 Å². The molecule has 1 heterocycles. The van der Waals surface area contributed by atoms with Crippen LogP contribution in [0.15, 0.2) is 42.7 Å². The van der Waals surface area contributed by atoms with Crippen molar-refractivity contribution >= 4 is 11.6 Å². The van der Waals surface area contributed by atoms with Gasteiger partial charge in [-0.25, -0.2) is 0 Å². The first-order valence-corrected chi connectivity index (χ1v) is 9.32. The molecule has 5 heteroatoms. The molecule has 2 saturated carbocycles. The van der Waals surface area contributed by atoms with Crippen LogP contribution in [0.2, 0.25) is 0 Å². The Morgan fingerprint density at radius 1 is 1.20 bits per heavy atom. The zero-order valence-electron chi connectivity index (χ0n) is 14.5. The standard InChI is InChI=1S/C20H26N4O/c21-19-15-3-1-4-16(19)12-17(11-15)20(25)23-18-7-5-14(6-8-18)13-24-10-2-9-22-24/h2,5-10,15-17,19H,1,3-4,11-13,21H2,(H,23,25). The quantitative estimate of drug-likeness (QED) is 0.900. The zero-order chi connectivity index (χ0) is 17.2. The molecule has 2 bridgehead atoms. The molecule has 2 atom stereocenters. The monoisotopic (exact) mass is 338 g/mol. The number of rotatable bonds is 4. The number of benzene rings is 1. The molecule has 132 valence electrons. The van der Waals surface area contributed by atoms with Gasteiger partial charge in [-0.15, -0.1) is 0 Å². The van der Waals surface area contributed by atoms with Crippen molar-refractivity contribution in [1.82, 2.24) is 9.78 Å². The lowest BCUT2D eigenvalue weighted by molar-refractivity contribution is -0.122. The number of hydrogen-bond donors (Lipinski definition) is 2. The highest BCUT2D eigenvalue weighted by atomic mass is 16.1. The topological polar surface area (TPSA) is 72.9 Å². The molecule has 1 aromatic carbocycles. The first kappa shape index (κ1) is 16.3. The van der Waals surface area contributed by atoms with Crippen LogP contribution in [0.5, 0.6) is 0 Å². The number of amides is 1. The SMILES string of the molecule is NC1C2CCCC1CC(C(=O)Nc1ccc(Cn3cccn3)cc1)C2. The Hall–Kier alpha value is -2.14. The van der Waals surface area contributed by atoms with E-state index in [4.69, 9.17) is 5.73 Å². The predicted octanol–water partition coefficient (Wildman–Crippen LogP) is 3.02. The molecule has 5 nitrogen and oxygen atoms in total. The first-order valence-electron chi connectivity index (χ1n) is 9.32. The maximum Gasteiger partial charge on any atom is 0.227 e. The summed E-state index contributed by atoms with van der Waals surface area (Å²) in [6.07, 6.45) is 9.25. The van der Waals surface area contributed by atoms with Crippen LogP contribution >= 0.6 is 0 Å². The molecule has 2 aliphatic rings. The lowest BCUT2D eigenvalue weighted by atomic mass is 9.65. The maximum absolute atomic E-state index is 12.7. The number of anilines is 1. The van der Waals surface area contributed by atoms with Crippen molar-refractivity contribution in [2.24, 2.45) is 23.5 Å². The van der Waals surface area contributed by atoms with Crippen molar-refractivity contribution in [3.63, 3.8) is 0 Å². The van der Waals surface area contributed by atoms with Crippen LogP contribution in [-0.4, -0.2) is 21.7 Å². The van der Waals surface area contributed by atoms with Crippen LogP contribution in [-0.2, 0) is 11.3 Å². The summed E-state index contributed by atoms with van der Waals surface area (Å²) >= 11 is 0. The number of fused-ring (bicyclic) bond motifs is 2. The molecule has 2 aromatic rings. The molecule has 0 saturated heterocycles. The predicted molar refractivity (Wildman–Crippen MR) is 97.9 cm³/mol. The fourth-order valence-corrected chi connectivity index (χ4v) is 4.52. The van der Waals surface area contributed by atoms with E-state index in [9.17, 15) is 4.79 Å². The Morgan fingerprint density at radius 2 is 1.92 bits per heavy atom. The van der Waals surface area contributed by atoms with Gasteiger partial charge >= 0.3 is 0 Å². The Kier molecular flexibility index (Phi) is 4.57. The van der Waals surface area contributed by atoms with Crippen LogP contribution in [0.3, 0.4) is 0 Å². The van der Waals surface area contributed by atoms with E-state index in [0.717, 1.165) is 25.1 Å². The molecule has 2 aliphatic carbocycles. The number of carbonyl (C=O) groups is 1. The fraction of sp³-hybridized carbons (Fsp3) is 0.500. The molecule has 25 heavy (non-hydrogen) atoms. The van der Waals surface area contributed by atoms with E-state index in [0.29, 0.717) is 17.9 Å². The van der Waals surface area contributed by atoms with E-state index in [1.165, 1.54) is 24.8 Å². The van der Waals surface area contributed by atoms with Gasteiger partial charge in [0.25, 0.3) is 0 Å². The highest BCUT2D eigenvalue weighted by molar-refractivity contribution is 5.92. The second-order valence-corrected chi connectivity index (χ2v) is 7.59. The Labute approximate surface area is 148 Å². The minimum absolute atomic E-state index is 0.110. The van der Waals surface area contributed by atoms with Crippen molar-refractivity contribution < 1.29 is 4.79 Å². The smallest absolute Gasteiger partial charge is 0.227 e. The highest BCUT2D eigenvalue weighted by Crippen LogP contribution is 2.42. The van der Waals surface area contributed by atoms with E-state index >= 15 is 0 Å². The summed E-state index contributed by atoms with van der Waals surface area (Å²) in [4.78, 5) is 12.7. The summed E-state index contributed by atoms with van der Waals surface area (Å²) in [6, 6.07) is 10.3. The summed E-state index contributed by atoms with van der Waals surface area (Å²) in [6.45, 7) is 0.741. The minimum atomic E-state index is 0.110. The molecule has 4 rings (SSSR count). The van der Waals surface area contributed by atoms with Crippen LogP contribution in [0.4, 0.5) is 5.69 Å². The summed E-state index contributed by atoms with van der Waals surface area (Å²) in [5.74, 6) is 1.32. The molecule has 1 aromatic heterocycles. The summed E-state index contributed by atoms with van der Waals surface area (Å²) in [5, 5.41) is 7.31. The second kappa shape index (κ2) is 7.00. The molecular formula is C20H26N4O. The third-order valence-electron chi connectivity index (χ3n) is 5.91. The molecular weight excluding hydrogens is 312 g/mol. The normalized spacial score (nSPS) is 28.5. The van der Waals surface area contributed by atoms with E-state index in [1.54, 1.807) is 6.20 Å². The van der Waals surface area contributed by atoms with Crippen LogP contribution in [0.1, 0.15) is 37.7 Å². The number of carbonyl (C=O) groups excluding carboxylic acids is 1. The van der Waals surface area contributed by atoms with Gasteiger partial charge in [-0.1, -0.05) is 18.6 Å². The van der Waals surface area contributed by atoms with E-state index in [-0.39, 0.29) is 11.8 Å². The minimum Gasteiger partial charge on any atom is -0.327 e. The number of hydrogen-bond acceptors (Lipinski definition) is 3. The number of nitrogens with zero attached hydrogens (tertiary/aromatic N) is 2. The van der Waals surface area contributed by atoms with Gasteiger partial charge in [-0.2, -0.15) is 5.10 Å². The summed E-state index contributed by atoms with van der Waals surface area (Å²) < 4.78 is 1.89. The Balaban J connectivity index is 1.36. The van der Waals surface area contributed by atoms with E-state index < -0.39 is 0 Å². The third kappa shape index (κ3) is 3.61. The van der Waals surface area contributed by atoms with Gasteiger partial charge in [-0.05, 0) is 61.3 Å². The van der Waals surface area contributed by atoms with Crippen LogP contribution < -0.4 is 11.1 Å². The van der Waals surface area contributed by atoms with Gasteiger partial charge in [0.15, 0.2) is 0 Å². The van der Waals surface area contributed by atoms with E-state index in [2.05, 4.69) is 10.4 Å². The van der Waals surface area contributed by atoms with Crippen molar-refractivity contribution in [1.29, 1.82) is 0 Å². The molecule has 2 unspecified atom stereocenters. The number of nitrogens with one attached hydrogen (secondary N) is 1. The largest absolute Gasteiger partial charge is 0.327 e. The number of aromatic nitrogens is 2. The van der Waals surface area contributed by atoms with Crippen LogP contribution in [0.25, 0.3) is 0 Å². The second-order valence-electron chi connectivity index (χ2n) is 7.59. The molecule has 3 N–H and O–H groups in total. The first-order chi connectivity index (χ1) is 12.2. The van der Waals surface area contributed by atoms with Crippen molar-refractivity contribution in [3.05, 3.63) is 48.3 Å². The zero-order valence-corrected chi connectivity index (χ0v) is 14.5. The van der Waals surface area contributed by atoms with Crippen molar-refractivity contribution in [2.45, 2.75) is 44.7 Å². The molecule has 2 fully saturated rings. The lowest BCUT2D eigenvalue weighted by Crippen LogP contribution is -2.48. The average Bonchev–Trinajstić information content (AvgIpc) is 3.09. The number of nitrogens with two attached hydrogens (primary N) is 1. The van der Waals surface area contributed by atoms with Gasteiger partial charge in [0.1, 0.15) is 0 Å². The maximum atomic E-state index is 12.7. The molecule has 0 spiro atoms. The summed E-state index contributed by atoms with van der Waals surface area (Å²) in [7, 11) is 0. The van der Waals surface area contributed by atoms with Crippen molar-refractivity contribution in [3.8, 4) is 0 Å². The highest BCUT2D eigenvalue weighted by Gasteiger charge is 2.40. The molecule has 0 radical (unpaired) electrons.